The molecule has 0 radical (unpaired) electrons. The molecule has 0 aliphatic carbocycles. The molecule has 0 N–H and O–H groups in total. The van der Waals surface area contributed by atoms with Gasteiger partial charge >= 0.3 is 0 Å². The van der Waals surface area contributed by atoms with Gasteiger partial charge < -0.3 is 4.18 Å². The SMILES string of the molecule is C/C(Br)=C(\CS(=O)Oc1ccccc1)N=[N+]=[N-]. The molecule has 0 spiro atoms. The fraction of sp³-hybridized carbons (Fsp3) is 0.200. The van der Waals surface area contributed by atoms with Crippen LogP contribution in [0, 0.1) is 0 Å². The van der Waals surface area contributed by atoms with Gasteiger partial charge in [0.05, 0.1) is 5.75 Å². The summed E-state index contributed by atoms with van der Waals surface area (Å²) in [4.78, 5) is 2.66. The van der Waals surface area contributed by atoms with Gasteiger partial charge in [0.1, 0.15) is 5.75 Å². The summed E-state index contributed by atoms with van der Waals surface area (Å²) in [6, 6.07) is 8.81. The molecule has 1 atom stereocenters. The minimum Gasteiger partial charge on any atom is -0.400 e. The summed E-state index contributed by atoms with van der Waals surface area (Å²) < 4.78 is 17.5. The highest BCUT2D eigenvalue weighted by Crippen LogP contribution is 2.16. The predicted octanol–water partition coefficient (Wildman–Crippen LogP) is 3.67. The van der Waals surface area contributed by atoms with Crippen molar-refractivity contribution in [3.05, 3.63) is 51.0 Å². The maximum atomic E-state index is 11.7. The van der Waals surface area contributed by atoms with Gasteiger partial charge in [-0.3, -0.25) is 0 Å². The van der Waals surface area contributed by atoms with E-state index in [2.05, 4.69) is 26.0 Å². The number of rotatable bonds is 5. The Bertz CT molecular complexity index is 480. The third kappa shape index (κ3) is 5.04. The van der Waals surface area contributed by atoms with Gasteiger partial charge in [-0.2, -0.15) is 0 Å². The molecule has 0 aromatic heterocycles. The molecule has 0 amide bonds. The molecule has 17 heavy (non-hydrogen) atoms. The van der Waals surface area contributed by atoms with Crippen molar-refractivity contribution in [2.24, 2.45) is 5.11 Å². The number of nitrogens with zero attached hydrogens (tertiary/aromatic N) is 3. The topological polar surface area (TPSA) is 75.1 Å². The van der Waals surface area contributed by atoms with E-state index in [-0.39, 0.29) is 5.75 Å². The second kappa shape index (κ2) is 7.11. The molecule has 0 saturated carbocycles. The lowest BCUT2D eigenvalue weighted by Crippen LogP contribution is -2.07. The van der Waals surface area contributed by atoms with Crippen molar-refractivity contribution in [1.82, 2.24) is 0 Å². The van der Waals surface area contributed by atoms with Crippen molar-refractivity contribution in [2.45, 2.75) is 6.92 Å². The molecule has 7 heteroatoms. The van der Waals surface area contributed by atoms with Crippen molar-refractivity contribution in [3.8, 4) is 5.75 Å². The maximum Gasteiger partial charge on any atom is 0.210 e. The Morgan fingerprint density at radius 3 is 2.71 bits per heavy atom. The Hall–Kier alpha value is -1.30. The standard InChI is InChI=1S/C10H10BrN3O2S/c1-8(11)10(13-14-12)7-17(15)16-9-5-3-2-4-6-9/h2-6H,7H2,1H3/b10-8-. The number of hydrogen-bond acceptors (Lipinski definition) is 3. The molecule has 0 saturated heterocycles. The molecule has 0 bridgehead atoms. The molecule has 1 aromatic rings. The van der Waals surface area contributed by atoms with Gasteiger partial charge in [-0.25, -0.2) is 4.21 Å². The van der Waals surface area contributed by atoms with Crippen LogP contribution >= 0.6 is 15.9 Å². The second-order valence-electron chi connectivity index (χ2n) is 3.01. The van der Waals surface area contributed by atoms with E-state index in [0.717, 1.165) is 0 Å². The third-order valence-corrected chi connectivity index (χ3v) is 3.10. The van der Waals surface area contributed by atoms with E-state index in [4.69, 9.17) is 9.71 Å². The maximum absolute atomic E-state index is 11.7. The molecular weight excluding hydrogens is 306 g/mol. The van der Waals surface area contributed by atoms with E-state index >= 15 is 0 Å². The highest BCUT2D eigenvalue weighted by Gasteiger charge is 2.07. The van der Waals surface area contributed by atoms with Crippen molar-refractivity contribution in [3.63, 3.8) is 0 Å². The largest absolute Gasteiger partial charge is 0.400 e. The molecule has 5 nitrogen and oxygen atoms in total. The highest BCUT2D eigenvalue weighted by molar-refractivity contribution is 9.11. The Balaban J connectivity index is 2.67. The van der Waals surface area contributed by atoms with Crippen LogP contribution in [0.4, 0.5) is 0 Å². The van der Waals surface area contributed by atoms with Crippen molar-refractivity contribution < 1.29 is 8.39 Å². The van der Waals surface area contributed by atoms with Gasteiger partial charge in [-0.15, -0.1) is 0 Å². The zero-order valence-electron chi connectivity index (χ0n) is 9.04. The molecule has 0 heterocycles. The van der Waals surface area contributed by atoms with Gasteiger partial charge in [0.15, 0.2) is 0 Å². The normalized spacial score (nSPS) is 13.3. The van der Waals surface area contributed by atoms with Gasteiger partial charge in [-0.1, -0.05) is 39.2 Å². The number of allylic oxidation sites excluding steroid dienone is 1. The quantitative estimate of drug-likeness (QED) is 0.472. The zero-order valence-corrected chi connectivity index (χ0v) is 11.4. The average Bonchev–Trinajstić information content (AvgIpc) is 2.29. The summed E-state index contributed by atoms with van der Waals surface area (Å²) in [5, 5.41) is 3.45. The van der Waals surface area contributed by atoms with Crippen LogP contribution in [-0.2, 0) is 11.1 Å². The van der Waals surface area contributed by atoms with Crippen molar-refractivity contribution in [1.29, 1.82) is 0 Å². The van der Waals surface area contributed by atoms with Crippen molar-refractivity contribution in [2.75, 3.05) is 5.75 Å². The van der Waals surface area contributed by atoms with Crippen LogP contribution in [0.5, 0.6) is 5.75 Å². The van der Waals surface area contributed by atoms with Gasteiger partial charge in [-0.05, 0) is 29.1 Å². The minimum atomic E-state index is -1.58. The van der Waals surface area contributed by atoms with Crippen molar-refractivity contribution >= 4 is 27.0 Å². The summed E-state index contributed by atoms with van der Waals surface area (Å²) in [6.45, 7) is 1.71. The van der Waals surface area contributed by atoms with Crippen LogP contribution in [0.1, 0.15) is 6.92 Å². The first kappa shape index (κ1) is 13.8. The van der Waals surface area contributed by atoms with E-state index < -0.39 is 11.1 Å². The molecule has 0 fully saturated rings. The minimum absolute atomic E-state index is 0.0377. The molecular formula is C10H10BrN3O2S. The van der Waals surface area contributed by atoms with Gasteiger partial charge in [0.25, 0.3) is 0 Å². The Labute approximate surface area is 110 Å². The van der Waals surface area contributed by atoms with Crippen LogP contribution in [0.3, 0.4) is 0 Å². The Morgan fingerprint density at radius 1 is 1.53 bits per heavy atom. The number of hydrogen-bond donors (Lipinski definition) is 0. The molecule has 90 valence electrons. The smallest absolute Gasteiger partial charge is 0.210 e. The summed E-state index contributed by atoms with van der Waals surface area (Å²) in [6.07, 6.45) is 0. The summed E-state index contributed by atoms with van der Waals surface area (Å²) >= 11 is 1.60. The molecule has 1 unspecified atom stereocenters. The molecule has 0 aliphatic heterocycles. The van der Waals surface area contributed by atoms with Crippen LogP contribution < -0.4 is 4.18 Å². The van der Waals surface area contributed by atoms with Gasteiger partial charge in [0.2, 0.25) is 11.1 Å². The predicted molar refractivity (Wildman–Crippen MR) is 70.9 cm³/mol. The van der Waals surface area contributed by atoms with Crippen LogP contribution in [0.2, 0.25) is 0 Å². The molecule has 0 aliphatic rings. The number of halogens is 1. The van der Waals surface area contributed by atoms with E-state index in [9.17, 15) is 4.21 Å². The van der Waals surface area contributed by atoms with E-state index in [1.165, 1.54) is 0 Å². The summed E-state index contributed by atoms with van der Waals surface area (Å²) in [7, 11) is 0. The first-order valence-electron chi connectivity index (χ1n) is 4.65. The highest BCUT2D eigenvalue weighted by atomic mass is 79.9. The molecule has 1 aromatic carbocycles. The second-order valence-corrected chi connectivity index (χ2v) is 5.27. The fourth-order valence-corrected chi connectivity index (χ4v) is 2.26. The van der Waals surface area contributed by atoms with E-state index in [1.807, 2.05) is 6.07 Å². The molecule has 1 rings (SSSR count). The first-order chi connectivity index (χ1) is 8.13. The van der Waals surface area contributed by atoms with Crippen LogP contribution in [0.15, 0.2) is 45.6 Å². The zero-order chi connectivity index (χ0) is 12.7. The number of azide groups is 1. The summed E-state index contributed by atoms with van der Waals surface area (Å²) in [5.74, 6) is 0.550. The lowest BCUT2D eigenvalue weighted by molar-refractivity contribution is 0.564. The van der Waals surface area contributed by atoms with Crippen LogP contribution in [-0.4, -0.2) is 9.96 Å². The average molecular weight is 316 g/mol. The number of benzene rings is 1. The monoisotopic (exact) mass is 315 g/mol. The third-order valence-electron chi connectivity index (χ3n) is 1.75. The lowest BCUT2D eigenvalue weighted by atomic mass is 10.3. The lowest BCUT2D eigenvalue weighted by Gasteiger charge is -2.05. The van der Waals surface area contributed by atoms with Crippen LogP contribution in [0.25, 0.3) is 10.4 Å². The summed E-state index contributed by atoms with van der Waals surface area (Å²) in [5.41, 5.74) is 8.71. The van der Waals surface area contributed by atoms with Gasteiger partial charge in [0, 0.05) is 10.6 Å². The van der Waals surface area contributed by atoms with E-state index in [0.29, 0.717) is 15.9 Å². The fourth-order valence-electron chi connectivity index (χ4n) is 0.976. The Kier molecular flexibility index (Phi) is 5.76. The van der Waals surface area contributed by atoms with E-state index in [1.54, 1.807) is 31.2 Å². The Morgan fingerprint density at radius 2 is 2.18 bits per heavy atom. The number of para-hydroxylation sites is 1. The first-order valence-corrected chi connectivity index (χ1v) is 6.69.